The predicted molar refractivity (Wildman–Crippen MR) is 298 cm³/mol. The summed E-state index contributed by atoms with van der Waals surface area (Å²) in [5.41, 5.74) is 16.8. The lowest BCUT2D eigenvalue weighted by Gasteiger charge is -2.43. The molecule has 5 atom stereocenters. The highest BCUT2D eigenvalue weighted by Gasteiger charge is 2.52. The van der Waals surface area contributed by atoms with Crippen molar-refractivity contribution in [2.24, 2.45) is 4.99 Å². The second-order valence-electron chi connectivity index (χ2n) is 19.9. The van der Waals surface area contributed by atoms with E-state index < -0.39 is 5.41 Å². The van der Waals surface area contributed by atoms with Crippen LogP contribution in [0.25, 0.3) is 44.2 Å². The summed E-state index contributed by atoms with van der Waals surface area (Å²) < 4.78 is 13.9. The largest absolute Gasteiger partial charge is 0.456 e. The fraction of sp³-hybridized carbons (Fsp3) is 0.0896. The zero-order valence-electron chi connectivity index (χ0n) is 40.7. The van der Waals surface area contributed by atoms with Gasteiger partial charge in [0.1, 0.15) is 40.8 Å². The van der Waals surface area contributed by atoms with E-state index in [1.807, 2.05) is 6.07 Å². The zero-order chi connectivity index (χ0) is 49.5. The highest BCUT2D eigenvalue weighted by atomic mass is 16.5. The molecule has 8 heteroatoms. The van der Waals surface area contributed by atoms with Crippen LogP contribution >= 0.6 is 0 Å². The van der Waals surface area contributed by atoms with Gasteiger partial charge in [0, 0.05) is 33.0 Å². The average Bonchev–Trinajstić information content (AvgIpc) is 4.19. The van der Waals surface area contributed by atoms with Crippen LogP contribution < -0.4 is 31.3 Å². The summed E-state index contributed by atoms with van der Waals surface area (Å²) >= 11 is 0. The Bertz CT molecular complexity index is 3960. The Balaban J connectivity index is 0.881. The molecule has 10 aromatic carbocycles. The van der Waals surface area contributed by atoms with E-state index in [-0.39, 0.29) is 30.8 Å². The van der Waals surface area contributed by atoms with Crippen LogP contribution in [0.3, 0.4) is 0 Å². The first-order valence-corrected chi connectivity index (χ1v) is 25.9. The molecule has 360 valence electrons. The van der Waals surface area contributed by atoms with Crippen molar-refractivity contribution in [1.82, 2.24) is 26.6 Å². The van der Waals surface area contributed by atoms with Gasteiger partial charge in [-0.2, -0.15) is 0 Å². The topological polar surface area (TPSA) is 94.9 Å². The van der Waals surface area contributed by atoms with Gasteiger partial charge in [-0.05, 0) is 86.0 Å². The van der Waals surface area contributed by atoms with E-state index >= 15 is 0 Å². The SMILES string of the molecule is c1ccc(C2N=C(c3cccc4oc5ccc(-c6ccc7c(c6)C6(c8ccccc8Oc8c(C9NC(c%10ccccc%10)NC(c%10ccccc%10)N9)cccc86)c6ccccc6-7)cc5c34)NC(c3ccccc3)N2)cc1. The van der Waals surface area contributed by atoms with E-state index in [0.29, 0.717) is 0 Å². The maximum Gasteiger partial charge on any atom is 0.138 e. The van der Waals surface area contributed by atoms with Crippen molar-refractivity contribution in [3.8, 4) is 33.8 Å². The Morgan fingerprint density at radius 2 is 0.947 bits per heavy atom. The minimum absolute atomic E-state index is 0.138. The molecule has 1 fully saturated rings. The Morgan fingerprint density at radius 1 is 0.387 bits per heavy atom. The summed E-state index contributed by atoms with van der Waals surface area (Å²) in [6.45, 7) is 0. The third kappa shape index (κ3) is 7.10. The van der Waals surface area contributed by atoms with Crippen LogP contribution in [0.5, 0.6) is 11.5 Å². The van der Waals surface area contributed by atoms with Crippen molar-refractivity contribution in [2.45, 2.75) is 36.2 Å². The molecule has 5 unspecified atom stereocenters. The van der Waals surface area contributed by atoms with Gasteiger partial charge in [-0.25, -0.2) is 4.99 Å². The van der Waals surface area contributed by atoms with Crippen molar-refractivity contribution in [3.63, 3.8) is 0 Å². The Kier molecular flexibility index (Phi) is 10.3. The van der Waals surface area contributed by atoms with Gasteiger partial charge in [0.2, 0.25) is 0 Å². The average molecular weight is 971 g/mol. The molecule has 75 heavy (non-hydrogen) atoms. The lowest BCUT2D eigenvalue weighted by molar-refractivity contribution is 0.200. The third-order valence-electron chi connectivity index (χ3n) is 15.8. The van der Waals surface area contributed by atoms with Gasteiger partial charge in [-0.1, -0.05) is 212 Å². The number of hydrogen-bond acceptors (Lipinski definition) is 8. The number of rotatable bonds is 7. The van der Waals surface area contributed by atoms with Crippen molar-refractivity contribution in [3.05, 3.63) is 298 Å². The summed E-state index contributed by atoms with van der Waals surface area (Å²) in [7, 11) is 0. The van der Waals surface area contributed by atoms with E-state index in [0.717, 1.165) is 94.9 Å². The maximum absolute atomic E-state index is 7.25. The summed E-state index contributed by atoms with van der Waals surface area (Å²) in [6.07, 6.45) is -0.985. The van der Waals surface area contributed by atoms with E-state index in [1.54, 1.807) is 0 Å². The molecule has 8 nitrogen and oxygen atoms in total. The lowest BCUT2D eigenvalue weighted by Crippen LogP contribution is -2.54. The number of furan rings is 1. The fourth-order valence-corrected chi connectivity index (χ4v) is 12.4. The molecule has 1 saturated heterocycles. The highest BCUT2D eigenvalue weighted by Crippen LogP contribution is 2.63. The van der Waals surface area contributed by atoms with Gasteiger partial charge >= 0.3 is 0 Å². The maximum atomic E-state index is 7.25. The molecule has 1 aromatic heterocycles. The highest BCUT2D eigenvalue weighted by molar-refractivity contribution is 6.18. The molecule has 3 aliphatic heterocycles. The van der Waals surface area contributed by atoms with Gasteiger partial charge in [0.25, 0.3) is 0 Å². The number of amidine groups is 1. The molecule has 1 aliphatic carbocycles. The van der Waals surface area contributed by atoms with Gasteiger partial charge in [0.15, 0.2) is 0 Å². The number of benzene rings is 10. The first-order chi connectivity index (χ1) is 37.2. The van der Waals surface area contributed by atoms with E-state index in [9.17, 15) is 0 Å². The molecule has 5 N–H and O–H groups in total. The van der Waals surface area contributed by atoms with Crippen LogP contribution in [0.1, 0.15) is 86.5 Å². The molecule has 15 rings (SSSR count). The summed E-state index contributed by atoms with van der Waals surface area (Å²) in [5, 5.41) is 21.4. The van der Waals surface area contributed by atoms with E-state index in [4.69, 9.17) is 14.1 Å². The Hall–Kier alpha value is -8.89. The Morgan fingerprint density at radius 3 is 1.68 bits per heavy atom. The number of nitrogens with zero attached hydrogens (tertiary/aromatic N) is 1. The fourth-order valence-electron chi connectivity index (χ4n) is 12.4. The minimum Gasteiger partial charge on any atom is -0.456 e. The minimum atomic E-state index is -0.699. The summed E-state index contributed by atoms with van der Waals surface area (Å²) in [6, 6.07) is 86.4. The number of fused-ring (bicyclic) bond motifs is 12. The molecule has 4 heterocycles. The van der Waals surface area contributed by atoms with E-state index in [1.165, 1.54) is 22.3 Å². The van der Waals surface area contributed by atoms with Crippen LogP contribution in [-0.2, 0) is 5.41 Å². The number of aliphatic imine (C=N–C) groups is 1. The van der Waals surface area contributed by atoms with Crippen LogP contribution in [0, 0.1) is 0 Å². The first-order valence-electron chi connectivity index (χ1n) is 25.9. The lowest BCUT2D eigenvalue weighted by atomic mass is 9.65. The molecule has 0 saturated carbocycles. The molecule has 11 aromatic rings. The van der Waals surface area contributed by atoms with Crippen LogP contribution in [-0.4, -0.2) is 5.84 Å². The Labute approximate surface area is 434 Å². The quantitative estimate of drug-likeness (QED) is 0.109. The predicted octanol–water partition coefficient (Wildman–Crippen LogP) is 14.2. The van der Waals surface area contributed by atoms with Gasteiger partial charge in [-0.15, -0.1) is 0 Å². The van der Waals surface area contributed by atoms with Crippen LogP contribution in [0.2, 0.25) is 0 Å². The number of ether oxygens (including phenoxy) is 1. The number of hydrogen-bond donors (Lipinski definition) is 5. The molecular formula is C67H50N6O2. The van der Waals surface area contributed by atoms with Crippen LogP contribution in [0.15, 0.2) is 252 Å². The summed E-state index contributed by atoms with van der Waals surface area (Å²) in [4.78, 5) is 5.36. The van der Waals surface area contributed by atoms with E-state index in [2.05, 4.69) is 263 Å². The molecule has 4 aliphatic rings. The molecule has 0 bridgehead atoms. The molecular weight excluding hydrogens is 921 g/mol. The summed E-state index contributed by atoms with van der Waals surface area (Å²) in [5.74, 6) is 2.51. The van der Waals surface area contributed by atoms with Crippen molar-refractivity contribution >= 4 is 27.8 Å². The number of nitrogens with one attached hydrogen (secondary N) is 5. The first kappa shape index (κ1) is 43.7. The second-order valence-corrected chi connectivity index (χ2v) is 19.9. The third-order valence-corrected chi connectivity index (χ3v) is 15.8. The smallest absolute Gasteiger partial charge is 0.138 e. The molecule has 0 radical (unpaired) electrons. The van der Waals surface area contributed by atoms with Crippen molar-refractivity contribution in [1.29, 1.82) is 0 Å². The van der Waals surface area contributed by atoms with Crippen molar-refractivity contribution in [2.75, 3.05) is 0 Å². The standard InChI is InChI=1S/C67H50N6O2/c1-5-19-41(20-6-1)61-68-62(42-21-7-2-8-22-42)71-65(70-61)49-28-18-34-58-59(49)51-39-45(36-38-56(51)74-58)46-35-37-48-47-27-13-14-30-52(47)67(55(48)40-46)53-31-15-16-33-57(53)75-60-50(29-17-32-54(60)67)66-72-63(43-23-9-3-10-24-43)69-64(73-66)44-25-11-4-12-26-44/h1-40,61-64,66,68-69,72-73H,(H,70,71). The normalized spacial score (nSPS) is 21.3. The molecule has 0 amide bonds. The van der Waals surface area contributed by atoms with Gasteiger partial charge in [-0.3, -0.25) is 21.3 Å². The monoisotopic (exact) mass is 970 g/mol. The van der Waals surface area contributed by atoms with Crippen LogP contribution in [0.4, 0.5) is 0 Å². The van der Waals surface area contributed by atoms with Gasteiger partial charge < -0.3 is 14.5 Å². The van der Waals surface area contributed by atoms with Gasteiger partial charge in [0.05, 0.1) is 23.9 Å². The second kappa shape index (κ2) is 17.7. The zero-order valence-corrected chi connectivity index (χ0v) is 40.7. The van der Waals surface area contributed by atoms with Crippen molar-refractivity contribution < 1.29 is 9.15 Å². The number of para-hydroxylation sites is 2. The molecule has 1 spiro atoms.